The molecule has 1 aromatic heterocycles. The minimum Gasteiger partial charge on any atom is -0.473 e. The topological polar surface area (TPSA) is 35.0 Å². The van der Waals surface area contributed by atoms with Gasteiger partial charge in [-0.05, 0) is 41.8 Å². The first-order valence-electron chi connectivity index (χ1n) is 8.13. The summed E-state index contributed by atoms with van der Waals surface area (Å²) in [4.78, 5) is 9.07. The van der Waals surface area contributed by atoms with Gasteiger partial charge in [-0.2, -0.15) is 4.98 Å². The zero-order valence-electron chi connectivity index (χ0n) is 14.3. The van der Waals surface area contributed by atoms with Crippen molar-refractivity contribution in [1.82, 2.24) is 9.97 Å². The largest absolute Gasteiger partial charge is 0.473 e. The van der Waals surface area contributed by atoms with E-state index < -0.39 is 0 Å². The average Bonchev–Trinajstić information content (AvgIpc) is 2.60. The molecule has 0 bridgehead atoms. The maximum atomic E-state index is 13.0. The van der Waals surface area contributed by atoms with E-state index >= 15 is 0 Å². The summed E-state index contributed by atoms with van der Waals surface area (Å²) < 4.78 is 18.8. The van der Waals surface area contributed by atoms with Crippen molar-refractivity contribution in [2.75, 3.05) is 0 Å². The molecule has 0 aliphatic carbocycles. The Hall–Kier alpha value is -2.17. The molecule has 1 heterocycles. The van der Waals surface area contributed by atoms with Crippen LogP contribution in [0, 0.1) is 5.82 Å². The van der Waals surface area contributed by atoms with Gasteiger partial charge < -0.3 is 4.74 Å². The predicted octanol–water partition coefficient (Wildman–Crippen LogP) is 6.29. The minimum absolute atomic E-state index is 0.194. The second kappa shape index (κ2) is 8.02. The van der Waals surface area contributed by atoms with Crippen LogP contribution >= 0.6 is 23.2 Å². The molecule has 0 aliphatic heterocycles. The van der Waals surface area contributed by atoms with Crippen LogP contribution in [-0.2, 0) is 6.61 Å². The molecule has 0 N–H and O–H groups in total. The lowest BCUT2D eigenvalue weighted by atomic mass is 10.1. The van der Waals surface area contributed by atoms with Gasteiger partial charge >= 0.3 is 0 Å². The van der Waals surface area contributed by atoms with Crippen LogP contribution in [0.3, 0.4) is 0 Å². The van der Waals surface area contributed by atoms with Gasteiger partial charge in [0.2, 0.25) is 5.88 Å². The van der Waals surface area contributed by atoms with Crippen LogP contribution in [0.2, 0.25) is 10.0 Å². The fourth-order valence-corrected chi connectivity index (χ4v) is 2.89. The Bertz CT molecular complexity index is 894. The van der Waals surface area contributed by atoms with E-state index in [1.54, 1.807) is 30.3 Å². The van der Waals surface area contributed by atoms with Gasteiger partial charge in [-0.1, -0.05) is 49.2 Å². The molecule has 0 amide bonds. The van der Waals surface area contributed by atoms with Crippen molar-refractivity contribution < 1.29 is 9.13 Å². The Morgan fingerprint density at radius 1 is 0.962 bits per heavy atom. The quantitative estimate of drug-likeness (QED) is 0.513. The molecule has 0 fully saturated rings. The number of rotatable bonds is 5. The number of hydrogen-bond donors (Lipinski definition) is 0. The van der Waals surface area contributed by atoms with Crippen LogP contribution in [0.25, 0.3) is 11.4 Å². The molecular formula is C20H17Cl2FN2O. The molecule has 0 unspecified atom stereocenters. The second-order valence-corrected chi connectivity index (χ2v) is 7.06. The maximum absolute atomic E-state index is 13.0. The average molecular weight is 391 g/mol. The van der Waals surface area contributed by atoms with Gasteiger partial charge in [0.25, 0.3) is 0 Å². The monoisotopic (exact) mass is 390 g/mol. The highest BCUT2D eigenvalue weighted by Gasteiger charge is 2.12. The van der Waals surface area contributed by atoms with Crippen molar-refractivity contribution >= 4 is 23.2 Å². The summed E-state index contributed by atoms with van der Waals surface area (Å²) >= 11 is 12.2. The van der Waals surface area contributed by atoms with Crippen LogP contribution in [0.1, 0.15) is 31.0 Å². The van der Waals surface area contributed by atoms with Gasteiger partial charge in [0.15, 0.2) is 5.82 Å². The molecule has 3 nitrogen and oxygen atoms in total. The molecule has 0 radical (unpaired) electrons. The highest BCUT2D eigenvalue weighted by molar-refractivity contribution is 6.35. The van der Waals surface area contributed by atoms with E-state index in [0.717, 1.165) is 16.8 Å². The van der Waals surface area contributed by atoms with E-state index in [1.165, 1.54) is 12.1 Å². The van der Waals surface area contributed by atoms with E-state index in [2.05, 4.69) is 9.97 Å². The first kappa shape index (κ1) is 18.6. The maximum Gasteiger partial charge on any atom is 0.217 e. The smallest absolute Gasteiger partial charge is 0.217 e. The molecular weight excluding hydrogens is 374 g/mol. The standard InChI is InChI=1S/C20H17Cl2FN2O/c1-12(2)18-10-19(26-11-13-3-5-17(23)6-4-13)25-20(24-18)14-7-15(21)9-16(22)8-14/h3-10,12H,11H2,1-2H3. The van der Waals surface area contributed by atoms with Crippen molar-refractivity contribution in [1.29, 1.82) is 0 Å². The molecule has 0 aliphatic rings. The van der Waals surface area contributed by atoms with Gasteiger partial charge in [0.1, 0.15) is 12.4 Å². The number of hydrogen-bond acceptors (Lipinski definition) is 3. The van der Waals surface area contributed by atoms with Crippen LogP contribution in [0.15, 0.2) is 48.5 Å². The van der Waals surface area contributed by atoms with Crippen LogP contribution in [0.5, 0.6) is 5.88 Å². The summed E-state index contributed by atoms with van der Waals surface area (Å²) in [6.45, 7) is 4.37. The number of nitrogens with zero attached hydrogens (tertiary/aromatic N) is 2. The van der Waals surface area contributed by atoms with Gasteiger partial charge in [-0.25, -0.2) is 9.37 Å². The van der Waals surface area contributed by atoms with Crippen molar-refractivity contribution in [2.45, 2.75) is 26.4 Å². The fraction of sp³-hybridized carbons (Fsp3) is 0.200. The highest BCUT2D eigenvalue weighted by Crippen LogP contribution is 2.28. The third kappa shape index (κ3) is 4.71. The third-order valence-electron chi connectivity index (χ3n) is 3.73. The number of aromatic nitrogens is 2. The molecule has 3 aromatic rings. The normalized spacial score (nSPS) is 11.0. The van der Waals surface area contributed by atoms with E-state index in [9.17, 15) is 4.39 Å². The Balaban J connectivity index is 1.92. The molecule has 0 saturated carbocycles. The molecule has 0 saturated heterocycles. The zero-order chi connectivity index (χ0) is 18.7. The van der Waals surface area contributed by atoms with Crippen molar-refractivity contribution in [3.63, 3.8) is 0 Å². The van der Waals surface area contributed by atoms with Crippen molar-refractivity contribution in [3.05, 3.63) is 75.7 Å². The number of halogens is 3. The summed E-state index contributed by atoms with van der Waals surface area (Å²) in [5.41, 5.74) is 2.42. The number of ether oxygens (including phenoxy) is 1. The summed E-state index contributed by atoms with van der Waals surface area (Å²) in [6, 6.07) is 13.1. The summed E-state index contributed by atoms with van der Waals surface area (Å²) in [5, 5.41) is 1.03. The van der Waals surface area contributed by atoms with E-state index in [-0.39, 0.29) is 18.3 Å². The SMILES string of the molecule is CC(C)c1cc(OCc2ccc(F)cc2)nc(-c2cc(Cl)cc(Cl)c2)n1. The lowest BCUT2D eigenvalue weighted by Crippen LogP contribution is -2.03. The van der Waals surface area contributed by atoms with Crippen molar-refractivity contribution in [3.8, 4) is 17.3 Å². The second-order valence-electron chi connectivity index (χ2n) is 6.18. The first-order valence-corrected chi connectivity index (χ1v) is 8.89. The molecule has 6 heteroatoms. The van der Waals surface area contributed by atoms with Gasteiger partial charge in [0.05, 0.1) is 5.69 Å². The Morgan fingerprint density at radius 2 is 1.62 bits per heavy atom. The molecule has 0 spiro atoms. The van der Waals surface area contributed by atoms with Crippen LogP contribution < -0.4 is 4.74 Å². The minimum atomic E-state index is -0.280. The molecule has 0 atom stereocenters. The zero-order valence-corrected chi connectivity index (χ0v) is 15.9. The van der Waals surface area contributed by atoms with E-state index in [4.69, 9.17) is 27.9 Å². The lowest BCUT2D eigenvalue weighted by molar-refractivity contribution is 0.293. The highest BCUT2D eigenvalue weighted by atomic mass is 35.5. The first-order chi connectivity index (χ1) is 12.4. The Kier molecular flexibility index (Phi) is 5.74. The summed E-state index contributed by atoms with van der Waals surface area (Å²) in [5.74, 6) is 0.853. The molecule has 134 valence electrons. The van der Waals surface area contributed by atoms with Gasteiger partial charge in [-0.3, -0.25) is 0 Å². The molecule has 26 heavy (non-hydrogen) atoms. The lowest BCUT2D eigenvalue weighted by Gasteiger charge is -2.12. The van der Waals surface area contributed by atoms with Gasteiger partial charge in [0, 0.05) is 21.7 Å². The van der Waals surface area contributed by atoms with Gasteiger partial charge in [-0.15, -0.1) is 0 Å². The third-order valence-corrected chi connectivity index (χ3v) is 4.17. The molecule has 3 rings (SSSR count). The Morgan fingerprint density at radius 3 is 2.23 bits per heavy atom. The Labute approximate surface area is 161 Å². The van der Waals surface area contributed by atoms with E-state index in [1.807, 2.05) is 19.9 Å². The fourth-order valence-electron chi connectivity index (χ4n) is 2.36. The summed E-state index contributed by atoms with van der Waals surface area (Å²) in [7, 11) is 0. The van der Waals surface area contributed by atoms with Crippen LogP contribution in [-0.4, -0.2) is 9.97 Å². The van der Waals surface area contributed by atoms with Crippen molar-refractivity contribution in [2.24, 2.45) is 0 Å². The number of benzene rings is 2. The molecule has 2 aromatic carbocycles. The van der Waals surface area contributed by atoms with Crippen LogP contribution in [0.4, 0.5) is 4.39 Å². The summed E-state index contributed by atoms with van der Waals surface area (Å²) in [6.07, 6.45) is 0. The predicted molar refractivity (Wildman–Crippen MR) is 102 cm³/mol. The van der Waals surface area contributed by atoms with E-state index in [0.29, 0.717) is 21.7 Å².